The van der Waals surface area contributed by atoms with Gasteiger partial charge in [-0.25, -0.2) is 8.78 Å². The normalized spacial score (nSPS) is 8.69. The highest BCUT2D eigenvalue weighted by molar-refractivity contribution is 6.67. The highest BCUT2D eigenvalue weighted by Crippen LogP contribution is 2.11. The molecule has 0 amide bonds. The number of benzene rings is 1. The minimum atomic E-state index is -0.940. The lowest BCUT2D eigenvalue weighted by Crippen LogP contribution is -1.94. The van der Waals surface area contributed by atoms with E-state index < -0.39 is 16.9 Å². The van der Waals surface area contributed by atoms with Crippen molar-refractivity contribution in [3.8, 4) is 0 Å². The molecule has 0 atom stereocenters. The maximum Gasteiger partial charge on any atom is 0.255 e. The summed E-state index contributed by atoms with van der Waals surface area (Å²) in [7, 11) is 0. The molecule has 4 heteroatoms. The van der Waals surface area contributed by atoms with E-state index in [0.29, 0.717) is 6.07 Å². The van der Waals surface area contributed by atoms with E-state index in [1.54, 1.807) is 0 Å². The van der Waals surface area contributed by atoms with Gasteiger partial charge < -0.3 is 0 Å². The molecular weight excluding hydrogens is 198 g/mol. The SMILES string of the molecule is CC.O=C(Cl)c1ccc(F)cc1F. The van der Waals surface area contributed by atoms with Crippen molar-refractivity contribution in [1.82, 2.24) is 0 Å². The zero-order valence-corrected chi connectivity index (χ0v) is 8.03. The van der Waals surface area contributed by atoms with Crippen LogP contribution in [-0.4, -0.2) is 5.24 Å². The van der Waals surface area contributed by atoms with E-state index in [4.69, 9.17) is 11.6 Å². The molecule has 0 heterocycles. The maximum atomic E-state index is 12.6. The molecule has 0 saturated carbocycles. The highest BCUT2D eigenvalue weighted by Gasteiger charge is 2.08. The van der Waals surface area contributed by atoms with Crippen LogP contribution in [0, 0.1) is 11.6 Å². The van der Waals surface area contributed by atoms with Gasteiger partial charge in [-0.05, 0) is 23.7 Å². The van der Waals surface area contributed by atoms with Gasteiger partial charge in [0.25, 0.3) is 5.24 Å². The number of carbonyl (C=O) groups is 1. The average Bonchev–Trinajstić information content (AvgIpc) is 2.07. The first-order valence-electron chi connectivity index (χ1n) is 3.76. The van der Waals surface area contributed by atoms with Crippen molar-refractivity contribution in [2.75, 3.05) is 0 Å². The molecule has 13 heavy (non-hydrogen) atoms. The monoisotopic (exact) mass is 206 g/mol. The van der Waals surface area contributed by atoms with E-state index in [0.717, 1.165) is 12.1 Å². The van der Waals surface area contributed by atoms with Crippen molar-refractivity contribution >= 4 is 16.8 Å². The summed E-state index contributed by atoms with van der Waals surface area (Å²) in [5, 5.41) is -0.928. The smallest absolute Gasteiger partial charge is 0.255 e. The summed E-state index contributed by atoms with van der Waals surface area (Å²) in [5.41, 5.74) is -0.312. The van der Waals surface area contributed by atoms with E-state index in [1.807, 2.05) is 13.8 Å². The molecule has 0 radical (unpaired) electrons. The molecule has 0 N–H and O–H groups in total. The van der Waals surface area contributed by atoms with Crippen LogP contribution in [0.5, 0.6) is 0 Å². The standard InChI is InChI=1S/C7H3ClF2O.C2H6/c8-7(11)5-2-1-4(9)3-6(5)10;1-2/h1-3H;1-2H3. The zero-order chi connectivity index (χ0) is 10.4. The number of hydrogen-bond donors (Lipinski definition) is 0. The minimum absolute atomic E-state index is 0.312. The molecular formula is C9H9ClF2O. The minimum Gasteiger partial charge on any atom is -0.275 e. The van der Waals surface area contributed by atoms with Gasteiger partial charge in [0.15, 0.2) is 0 Å². The van der Waals surface area contributed by atoms with E-state index >= 15 is 0 Å². The van der Waals surface area contributed by atoms with Crippen molar-refractivity contribution in [3.63, 3.8) is 0 Å². The van der Waals surface area contributed by atoms with Crippen molar-refractivity contribution in [2.45, 2.75) is 13.8 Å². The first kappa shape index (κ1) is 12.0. The fourth-order valence-corrected chi connectivity index (χ4v) is 0.802. The summed E-state index contributed by atoms with van der Waals surface area (Å²) < 4.78 is 24.8. The van der Waals surface area contributed by atoms with E-state index in [1.165, 1.54) is 0 Å². The van der Waals surface area contributed by atoms with Crippen LogP contribution in [-0.2, 0) is 0 Å². The Morgan fingerprint density at radius 2 is 1.85 bits per heavy atom. The second-order valence-electron chi connectivity index (χ2n) is 1.90. The van der Waals surface area contributed by atoms with Crippen molar-refractivity contribution in [3.05, 3.63) is 35.4 Å². The summed E-state index contributed by atoms with van der Waals surface area (Å²) in [6.45, 7) is 4.00. The van der Waals surface area contributed by atoms with Gasteiger partial charge in [0.1, 0.15) is 11.6 Å². The average molecular weight is 207 g/mol. The largest absolute Gasteiger partial charge is 0.275 e. The van der Waals surface area contributed by atoms with Gasteiger partial charge >= 0.3 is 0 Å². The van der Waals surface area contributed by atoms with E-state index in [2.05, 4.69) is 0 Å². The first-order valence-corrected chi connectivity index (χ1v) is 4.14. The molecule has 72 valence electrons. The van der Waals surface area contributed by atoms with Gasteiger partial charge in [-0.2, -0.15) is 0 Å². The van der Waals surface area contributed by atoms with Gasteiger partial charge in [-0.3, -0.25) is 4.79 Å². The summed E-state index contributed by atoms with van der Waals surface area (Å²) in [6, 6.07) is 2.58. The quantitative estimate of drug-likeness (QED) is 0.644. The second kappa shape index (κ2) is 5.65. The Morgan fingerprint density at radius 1 is 1.31 bits per heavy atom. The topological polar surface area (TPSA) is 17.1 Å². The Morgan fingerprint density at radius 3 is 2.23 bits per heavy atom. The summed E-state index contributed by atoms with van der Waals surface area (Å²) in [4.78, 5) is 10.4. The fourth-order valence-electron chi connectivity index (χ4n) is 0.649. The summed E-state index contributed by atoms with van der Waals surface area (Å²) >= 11 is 4.96. The third kappa shape index (κ3) is 3.51. The molecule has 0 unspecified atom stereocenters. The van der Waals surface area contributed by atoms with Crippen LogP contribution in [0.1, 0.15) is 24.2 Å². The van der Waals surface area contributed by atoms with Crippen LogP contribution in [0.3, 0.4) is 0 Å². The van der Waals surface area contributed by atoms with Crippen molar-refractivity contribution in [2.24, 2.45) is 0 Å². The molecule has 0 aliphatic heterocycles. The first-order chi connectivity index (χ1) is 6.11. The zero-order valence-electron chi connectivity index (χ0n) is 7.27. The molecule has 0 aromatic heterocycles. The van der Waals surface area contributed by atoms with Gasteiger partial charge in [0.2, 0.25) is 0 Å². The Labute approximate surface area is 80.3 Å². The third-order valence-electron chi connectivity index (χ3n) is 1.14. The number of hydrogen-bond acceptors (Lipinski definition) is 1. The Hall–Kier alpha value is -0.960. The Kier molecular flexibility index (Phi) is 5.23. The number of carbonyl (C=O) groups excluding carboxylic acids is 1. The second-order valence-corrected chi connectivity index (χ2v) is 2.24. The number of halogens is 3. The van der Waals surface area contributed by atoms with Gasteiger partial charge in [0, 0.05) is 6.07 Å². The third-order valence-corrected chi connectivity index (χ3v) is 1.35. The van der Waals surface area contributed by atoms with E-state index in [-0.39, 0.29) is 5.56 Å². The molecule has 0 bridgehead atoms. The Balaban J connectivity index is 0.000000671. The Bertz CT molecular complexity index is 300. The summed E-state index contributed by atoms with van der Waals surface area (Å²) in [6.07, 6.45) is 0. The van der Waals surface area contributed by atoms with Crippen LogP contribution in [0.25, 0.3) is 0 Å². The molecule has 0 aliphatic rings. The predicted octanol–water partition coefficient (Wildman–Crippen LogP) is 3.37. The lowest BCUT2D eigenvalue weighted by atomic mass is 10.2. The van der Waals surface area contributed by atoms with Crippen molar-refractivity contribution < 1.29 is 13.6 Å². The summed E-state index contributed by atoms with van der Waals surface area (Å²) in [5.74, 6) is -1.67. The fraction of sp³-hybridized carbons (Fsp3) is 0.222. The van der Waals surface area contributed by atoms with E-state index in [9.17, 15) is 13.6 Å². The molecule has 0 saturated heterocycles. The molecule has 1 rings (SSSR count). The van der Waals surface area contributed by atoms with Crippen LogP contribution in [0.2, 0.25) is 0 Å². The molecule has 1 aromatic rings. The molecule has 1 aromatic carbocycles. The van der Waals surface area contributed by atoms with Gasteiger partial charge in [-0.1, -0.05) is 13.8 Å². The molecule has 0 fully saturated rings. The highest BCUT2D eigenvalue weighted by atomic mass is 35.5. The molecule has 1 nitrogen and oxygen atoms in total. The van der Waals surface area contributed by atoms with Crippen LogP contribution < -0.4 is 0 Å². The molecule has 0 spiro atoms. The predicted molar refractivity (Wildman–Crippen MR) is 47.9 cm³/mol. The van der Waals surface area contributed by atoms with Crippen LogP contribution in [0.4, 0.5) is 8.78 Å². The molecule has 0 aliphatic carbocycles. The van der Waals surface area contributed by atoms with Crippen LogP contribution >= 0.6 is 11.6 Å². The van der Waals surface area contributed by atoms with Gasteiger partial charge in [-0.15, -0.1) is 0 Å². The number of rotatable bonds is 1. The maximum absolute atomic E-state index is 12.6. The lowest BCUT2D eigenvalue weighted by molar-refractivity contribution is 0.107. The van der Waals surface area contributed by atoms with Crippen molar-refractivity contribution in [1.29, 1.82) is 0 Å². The van der Waals surface area contributed by atoms with Gasteiger partial charge in [0.05, 0.1) is 5.56 Å². The lowest BCUT2D eigenvalue weighted by Gasteiger charge is -1.94. The van der Waals surface area contributed by atoms with Crippen LogP contribution in [0.15, 0.2) is 18.2 Å².